The maximum atomic E-state index is 11.3. The maximum absolute atomic E-state index is 11.3. The van der Waals surface area contributed by atoms with E-state index < -0.39 is 0 Å². The van der Waals surface area contributed by atoms with Gasteiger partial charge in [-0.3, -0.25) is 4.79 Å². The first-order valence-corrected chi connectivity index (χ1v) is 6.81. The Bertz CT molecular complexity index is 638. The first kappa shape index (κ1) is 14.9. The predicted octanol–water partition coefficient (Wildman–Crippen LogP) is 2.61. The molecule has 0 saturated heterocycles. The van der Waals surface area contributed by atoms with E-state index in [0.29, 0.717) is 6.42 Å². The molecule has 4 nitrogen and oxygen atoms in total. The molecule has 1 unspecified atom stereocenters. The second-order valence-electron chi connectivity index (χ2n) is 5.03. The molecule has 1 aromatic rings. The number of ether oxygens (including phenoxy) is 1. The molecule has 0 fully saturated rings. The lowest BCUT2D eigenvalue weighted by molar-refractivity contribution is -0.121. The van der Waals surface area contributed by atoms with E-state index in [2.05, 4.69) is 16.4 Å². The van der Waals surface area contributed by atoms with Gasteiger partial charge in [0.25, 0.3) is 0 Å². The number of nitrogens with one attached hydrogen (secondary N) is 1. The highest BCUT2D eigenvalue weighted by Crippen LogP contribution is 2.20. The summed E-state index contributed by atoms with van der Waals surface area (Å²) >= 11 is 0. The van der Waals surface area contributed by atoms with Crippen molar-refractivity contribution in [2.24, 2.45) is 11.0 Å². The summed E-state index contributed by atoms with van der Waals surface area (Å²) in [5.41, 5.74) is 5.47. The quantitative estimate of drug-likeness (QED) is 0.863. The Labute approximate surface area is 124 Å². The number of allylic oxidation sites excluding steroid dienone is 1. The number of hydrogen-bond donors (Lipinski definition) is 1. The van der Waals surface area contributed by atoms with Crippen molar-refractivity contribution in [1.29, 1.82) is 0 Å². The van der Waals surface area contributed by atoms with Crippen LogP contribution in [0.25, 0.3) is 6.08 Å². The molecule has 1 aliphatic rings. The minimum absolute atomic E-state index is 0.0382. The van der Waals surface area contributed by atoms with Gasteiger partial charge in [-0.25, -0.2) is 5.43 Å². The zero-order valence-electron chi connectivity index (χ0n) is 12.2. The molecule has 0 spiro atoms. The first-order valence-electron chi connectivity index (χ1n) is 6.81. The van der Waals surface area contributed by atoms with E-state index in [4.69, 9.17) is 11.2 Å². The molecular weight excluding hydrogens is 264 g/mol. The van der Waals surface area contributed by atoms with Gasteiger partial charge in [0.05, 0.1) is 5.71 Å². The number of amides is 1. The molecular formula is C17H18N2O2. The predicted molar refractivity (Wildman–Crippen MR) is 83.8 cm³/mol. The summed E-state index contributed by atoms with van der Waals surface area (Å²) in [6, 6.07) is 7.69. The van der Waals surface area contributed by atoms with E-state index in [0.717, 1.165) is 22.6 Å². The van der Waals surface area contributed by atoms with Crippen LogP contribution in [-0.4, -0.2) is 18.2 Å². The number of hydrogen-bond acceptors (Lipinski definition) is 3. The average Bonchev–Trinajstić information content (AvgIpc) is 2.45. The van der Waals surface area contributed by atoms with E-state index in [1.165, 1.54) is 0 Å². The molecule has 21 heavy (non-hydrogen) atoms. The Morgan fingerprint density at radius 1 is 1.62 bits per heavy atom. The van der Waals surface area contributed by atoms with Crippen molar-refractivity contribution in [2.75, 3.05) is 6.61 Å². The highest BCUT2D eigenvalue weighted by atomic mass is 16.5. The molecule has 1 aromatic carbocycles. The molecule has 1 atom stereocenters. The lowest BCUT2D eigenvalue weighted by Gasteiger charge is -2.19. The second-order valence-corrected chi connectivity index (χ2v) is 5.03. The summed E-state index contributed by atoms with van der Waals surface area (Å²) < 4.78 is 5.41. The van der Waals surface area contributed by atoms with Gasteiger partial charge in [-0.2, -0.15) is 5.10 Å². The van der Waals surface area contributed by atoms with Crippen molar-refractivity contribution < 1.29 is 9.53 Å². The Hall–Kier alpha value is -2.54. The average molecular weight is 282 g/mol. The number of carbonyl (C=O) groups is 1. The fourth-order valence-electron chi connectivity index (χ4n) is 2.27. The molecule has 1 aliphatic heterocycles. The zero-order valence-corrected chi connectivity index (χ0v) is 12.2. The van der Waals surface area contributed by atoms with Gasteiger partial charge in [0.2, 0.25) is 5.91 Å². The van der Waals surface area contributed by atoms with Crippen molar-refractivity contribution in [3.05, 3.63) is 35.4 Å². The molecule has 108 valence electrons. The largest absolute Gasteiger partial charge is 0.481 e. The van der Waals surface area contributed by atoms with Gasteiger partial charge >= 0.3 is 0 Å². The fraction of sp³-hybridized carbons (Fsp3) is 0.294. The summed E-state index contributed by atoms with van der Waals surface area (Å²) in [7, 11) is 0. The molecule has 0 aliphatic carbocycles. The van der Waals surface area contributed by atoms with Gasteiger partial charge in [-0.05, 0) is 30.2 Å². The number of rotatable bonds is 4. The Morgan fingerprint density at radius 3 is 3.14 bits per heavy atom. The minimum atomic E-state index is -0.0382. The summed E-state index contributed by atoms with van der Waals surface area (Å²) in [6.07, 6.45) is 7.67. The molecule has 0 saturated carbocycles. The highest BCUT2D eigenvalue weighted by Gasteiger charge is 2.21. The van der Waals surface area contributed by atoms with E-state index >= 15 is 0 Å². The molecule has 4 heteroatoms. The van der Waals surface area contributed by atoms with Crippen LogP contribution in [0.1, 0.15) is 25.8 Å². The van der Waals surface area contributed by atoms with E-state index in [1.54, 1.807) is 0 Å². The third-order valence-electron chi connectivity index (χ3n) is 3.23. The molecule has 1 amide bonds. The van der Waals surface area contributed by atoms with Gasteiger partial charge in [0.15, 0.2) is 0 Å². The van der Waals surface area contributed by atoms with Crippen LogP contribution < -0.4 is 10.2 Å². The topological polar surface area (TPSA) is 50.7 Å². The fourth-order valence-corrected chi connectivity index (χ4v) is 2.27. The highest BCUT2D eigenvalue weighted by molar-refractivity contribution is 6.07. The molecule has 0 radical (unpaired) electrons. The van der Waals surface area contributed by atoms with E-state index in [1.807, 2.05) is 44.2 Å². The number of carbonyl (C=O) groups excluding carboxylic acids is 1. The summed E-state index contributed by atoms with van der Waals surface area (Å²) in [4.78, 5) is 11.3. The van der Waals surface area contributed by atoms with Crippen LogP contribution in [0.3, 0.4) is 0 Å². The van der Waals surface area contributed by atoms with Crippen LogP contribution in [0.2, 0.25) is 0 Å². The lowest BCUT2D eigenvalue weighted by Crippen LogP contribution is -2.31. The van der Waals surface area contributed by atoms with Crippen molar-refractivity contribution in [1.82, 2.24) is 5.43 Å². The third kappa shape index (κ3) is 3.96. The van der Waals surface area contributed by atoms with Crippen LogP contribution in [-0.2, 0) is 4.79 Å². The molecule has 1 N–H and O–H groups in total. The smallest absolute Gasteiger partial charge is 0.240 e. The number of terminal acetylenes is 1. The standard InChI is InChI=1S/C17H18N2O2/c1-4-8-21-15-7-5-6-14(11-15)9-12(2)17-13(3)10-16(20)18-19-17/h1,5-7,9,11,13H,8,10H2,2-3H3,(H,18,20). The monoisotopic (exact) mass is 282 g/mol. The molecule has 1 heterocycles. The first-order chi connectivity index (χ1) is 10.1. The third-order valence-corrected chi connectivity index (χ3v) is 3.23. The summed E-state index contributed by atoms with van der Waals surface area (Å²) in [6.45, 7) is 4.24. The normalized spacial score (nSPS) is 18.5. The molecule has 0 bridgehead atoms. The Balaban J connectivity index is 2.19. The molecule has 2 rings (SSSR count). The Morgan fingerprint density at radius 2 is 2.43 bits per heavy atom. The van der Waals surface area contributed by atoms with Crippen molar-refractivity contribution in [2.45, 2.75) is 20.3 Å². The van der Waals surface area contributed by atoms with Gasteiger partial charge in [-0.15, -0.1) is 6.42 Å². The Kier molecular flexibility index (Phi) is 4.78. The van der Waals surface area contributed by atoms with Crippen LogP contribution in [0.15, 0.2) is 34.9 Å². The van der Waals surface area contributed by atoms with Gasteiger partial charge in [0.1, 0.15) is 12.4 Å². The summed E-state index contributed by atoms with van der Waals surface area (Å²) in [5.74, 6) is 3.26. The van der Waals surface area contributed by atoms with Crippen molar-refractivity contribution in [3.63, 3.8) is 0 Å². The SMILES string of the molecule is C#CCOc1cccc(C=C(C)C2=NNC(=O)CC2C)c1. The van der Waals surface area contributed by atoms with Crippen LogP contribution in [0, 0.1) is 18.3 Å². The number of benzene rings is 1. The minimum Gasteiger partial charge on any atom is -0.481 e. The van der Waals surface area contributed by atoms with Crippen LogP contribution in [0.5, 0.6) is 5.75 Å². The van der Waals surface area contributed by atoms with Crippen molar-refractivity contribution in [3.8, 4) is 18.1 Å². The lowest BCUT2D eigenvalue weighted by atomic mass is 9.93. The van der Waals surface area contributed by atoms with Gasteiger partial charge in [-0.1, -0.05) is 31.1 Å². The summed E-state index contributed by atoms with van der Waals surface area (Å²) in [5, 5.41) is 4.15. The van der Waals surface area contributed by atoms with E-state index in [-0.39, 0.29) is 18.4 Å². The van der Waals surface area contributed by atoms with Gasteiger partial charge < -0.3 is 4.74 Å². The second kappa shape index (κ2) is 6.76. The van der Waals surface area contributed by atoms with Crippen molar-refractivity contribution >= 4 is 17.7 Å². The number of nitrogens with zero attached hydrogens (tertiary/aromatic N) is 1. The van der Waals surface area contributed by atoms with E-state index in [9.17, 15) is 4.79 Å². The maximum Gasteiger partial charge on any atom is 0.240 e. The molecule has 0 aromatic heterocycles. The number of hydrazone groups is 1. The van der Waals surface area contributed by atoms with Crippen LogP contribution >= 0.6 is 0 Å². The zero-order chi connectivity index (χ0) is 15.2. The van der Waals surface area contributed by atoms with Crippen LogP contribution in [0.4, 0.5) is 0 Å². The van der Waals surface area contributed by atoms with Gasteiger partial charge in [0, 0.05) is 12.3 Å².